The van der Waals surface area contributed by atoms with Gasteiger partial charge in [0.25, 0.3) is 0 Å². The molecule has 2 bridgehead atoms. The summed E-state index contributed by atoms with van der Waals surface area (Å²) in [5, 5.41) is 2.21. The molecule has 0 saturated heterocycles. The number of nitrogens with zero attached hydrogens (tertiary/aromatic N) is 4. The Kier molecular flexibility index (Phi) is 8.77. The zero-order valence-corrected chi connectivity index (χ0v) is 32.8. The molecule has 0 unspecified atom stereocenters. The van der Waals surface area contributed by atoms with E-state index in [0.29, 0.717) is 17.1 Å². The van der Waals surface area contributed by atoms with Crippen LogP contribution in [0.4, 0.5) is 0 Å². The van der Waals surface area contributed by atoms with E-state index in [1.165, 1.54) is 37.7 Å². The normalized spacial score (nSPS) is 17.1. The number of hydrogen-bond donors (Lipinski definition) is 0. The second-order valence-electron chi connectivity index (χ2n) is 16.3. The number of hydrogen-bond acceptors (Lipinski definition) is 4. The average Bonchev–Trinajstić information content (AvgIpc) is 3.95. The average molecular weight is 759 g/mol. The van der Waals surface area contributed by atoms with Gasteiger partial charge in [0.05, 0.1) is 22.8 Å². The predicted molar refractivity (Wildman–Crippen MR) is 241 cm³/mol. The Morgan fingerprint density at radius 2 is 0.881 bits per heavy atom. The van der Waals surface area contributed by atoms with E-state index in [4.69, 9.17) is 19.9 Å². The van der Waals surface area contributed by atoms with Crippen molar-refractivity contribution < 1.29 is 0 Å². The van der Waals surface area contributed by atoms with E-state index in [-0.39, 0.29) is 0 Å². The van der Waals surface area contributed by atoms with Gasteiger partial charge in [0.15, 0.2) is 11.6 Å². The molecule has 2 aliphatic rings. The molecular weight excluding hydrogens is 717 g/mol. The largest absolute Gasteiger partial charge is 0.228 e. The third kappa shape index (κ3) is 6.61. The van der Waals surface area contributed by atoms with E-state index in [9.17, 15) is 0 Å². The van der Waals surface area contributed by atoms with Gasteiger partial charge in [-0.1, -0.05) is 164 Å². The van der Waals surface area contributed by atoms with Gasteiger partial charge in [-0.05, 0) is 95.2 Å². The van der Waals surface area contributed by atoms with Crippen molar-refractivity contribution in [3.63, 3.8) is 0 Å². The van der Waals surface area contributed by atoms with Crippen LogP contribution in [0.5, 0.6) is 0 Å². The van der Waals surface area contributed by atoms with E-state index < -0.39 is 0 Å². The Labute approximate surface area is 345 Å². The first-order chi connectivity index (χ1) is 29.2. The zero-order chi connectivity index (χ0) is 39.2. The van der Waals surface area contributed by atoms with Crippen molar-refractivity contribution in [2.45, 2.75) is 37.5 Å². The van der Waals surface area contributed by atoms with E-state index in [0.717, 1.165) is 84.0 Å². The molecule has 4 nitrogen and oxygen atoms in total. The van der Waals surface area contributed by atoms with Crippen LogP contribution in [0.2, 0.25) is 0 Å². The van der Waals surface area contributed by atoms with Crippen LogP contribution < -0.4 is 0 Å². The summed E-state index contributed by atoms with van der Waals surface area (Å²) in [7, 11) is 0. The van der Waals surface area contributed by atoms with Crippen molar-refractivity contribution >= 4 is 10.8 Å². The Bertz CT molecular complexity index is 2950. The summed E-state index contributed by atoms with van der Waals surface area (Å²) in [6.07, 6.45) is 6.71. The molecule has 59 heavy (non-hydrogen) atoms. The molecule has 0 atom stereocenters. The molecule has 9 aromatic rings. The highest BCUT2D eigenvalue weighted by molar-refractivity contribution is 5.99. The molecule has 4 heteroatoms. The minimum absolute atomic E-state index is 0.359. The SMILES string of the molecule is c1ccc(-c2cc(-c3ccccc3-c3ccccc3)nc(-c3cc(-c4cc(-c5ccc(C67CCC(CC6)C7)cc5)nc(-c5ccccc5)n4)c4ccccc4c3)n2)cc1. The standard InChI is InChI=1S/C55H42N4/c1-4-14-38(15-5-1)45-21-12-13-23-47(45)51-34-49(39-16-6-2-7-17-39)57-54(58-51)43-32-42-20-10-11-22-46(42)48(33-43)52-35-50(56-53(59-52)41-18-8-3-9-19-41)40-24-26-44(27-25-40)55-30-28-37(36-55)29-31-55/h1-27,32-35,37H,28-31,36H2. The fourth-order valence-corrected chi connectivity index (χ4v) is 9.74. The second kappa shape index (κ2) is 14.7. The van der Waals surface area contributed by atoms with E-state index in [1.54, 1.807) is 0 Å². The lowest BCUT2D eigenvalue weighted by Crippen LogP contribution is -2.19. The molecule has 11 rings (SSSR count). The van der Waals surface area contributed by atoms with Crippen molar-refractivity contribution in [2.75, 3.05) is 0 Å². The maximum Gasteiger partial charge on any atom is 0.160 e. The molecule has 0 N–H and O–H groups in total. The first kappa shape index (κ1) is 35.1. The topological polar surface area (TPSA) is 51.6 Å². The number of benzene rings is 7. The van der Waals surface area contributed by atoms with Gasteiger partial charge < -0.3 is 0 Å². The molecule has 282 valence electrons. The van der Waals surface area contributed by atoms with E-state index >= 15 is 0 Å². The van der Waals surface area contributed by atoms with Crippen LogP contribution in [-0.4, -0.2) is 19.9 Å². The van der Waals surface area contributed by atoms with Crippen LogP contribution in [0, 0.1) is 5.92 Å². The van der Waals surface area contributed by atoms with E-state index in [1.807, 2.05) is 12.1 Å². The Balaban J connectivity index is 1.09. The number of rotatable bonds is 8. The van der Waals surface area contributed by atoms with Crippen molar-refractivity contribution in [3.8, 4) is 78.9 Å². The molecular formula is C55H42N4. The minimum atomic E-state index is 0.359. The van der Waals surface area contributed by atoms with Crippen LogP contribution in [0.15, 0.2) is 188 Å². The lowest BCUT2D eigenvalue weighted by atomic mass is 9.77. The maximum atomic E-state index is 5.37. The summed E-state index contributed by atoms with van der Waals surface area (Å²) in [5.41, 5.74) is 13.7. The Morgan fingerprint density at radius 3 is 1.53 bits per heavy atom. The third-order valence-corrected chi connectivity index (χ3v) is 12.8. The summed E-state index contributed by atoms with van der Waals surface area (Å²) >= 11 is 0. The van der Waals surface area contributed by atoms with Gasteiger partial charge in [0, 0.05) is 33.4 Å². The van der Waals surface area contributed by atoms with Gasteiger partial charge in [0.2, 0.25) is 0 Å². The van der Waals surface area contributed by atoms with Crippen molar-refractivity contribution in [1.82, 2.24) is 19.9 Å². The quantitative estimate of drug-likeness (QED) is 0.155. The molecule has 2 heterocycles. The van der Waals surface area contributed by atoms with Crippen LogP contribution in [0.1, 0.15) is 37.7 Å². The molecule has 0 radical (unpaired) electrons. The van der Waals surface area contributed by atoms with Gasteiger partial charge in [-0.2, -0.15) is 0 Å². The Hall–Kier alpha value is -7.04. The molecule has 0 spiro atoms. The lowest BCUT2D eigenvalue weighted by Gasteiger charge is -2.27. The smallest absolute Gasteiger partial charge is 0.160 e. The number of aromatic nitrogens is 4. The van der Waals surface area contributed by atoms with Crippen LogP contribution >= 0.6 is 0 Å². The van der Waals surface area contributed by atoms with Crippen LogP contribution in [0.3, 0.4) is 0 Å². The first-order valence-corrected chi connectivity index (χ1v) is 20.8. The van der Waals surface area contributed by atoms with Crippen molar-refractivity contribution in [2.24, 2.45) is 5.92 Å². The second-order valence-corrected chi connectivity index (χ2v) is 16.3. The molecule has 2 fully saturated rings. The summed E-state index contributed by atoms with van der Waals surface area (Å²) in [6, 6.07) is 66.3. The van der Waals surface area contributed by atoms with E-state index in [2.05, 4.69) is 176 Å². The highest BCUT2D eigenvalue weighted by atomic mass is 14.9. The highest BCUT2D eigenvalue weighted by Crippen LogP contribution is 2.55. The summed E-state index contributed by atoms with van der Waals surface area (Å²) in [4.78, 5) is 21.2. The Morgan fingerprint density at radius 1 is 0.373 bits per heavy atom. The van der Waals surface area contributed by atoms with Crippen LogP contribution in [0.25, 0.3) is 89.7 Å². The summed E-state index contributed by atoms with van der Waals surface area (Å²) in [6.45, 7) is 0. The lowest BCUT2D eigenvalue weighted by molar-refractivity contribution is 0.419. The molecule has 2 aliphatic carbocycles. The van der Waals surface area contributed by atoms with Crippen molar-refractivity contribution in [3.05, 3.63) is 194 Å². The minimum Gasteiger partial charge on any atom is -0.228 e. The van der Waals surface area contributed by atoms with Crippen molar-refractivity contribution in [1.29, 1.82) is 0 Å². The molecule has 0 amide bonds. The first-order valence-electron chi connectivity index (χ1n) is 20.8. The molecule has 2 saturated carbocycles. The highest BCUT2D eigenvalue weighted by Gasteiger charge is 2.45. The van der Waals surface area contributed by atoms with Gasteiger partial charge in [-0.25, -0.2) is 19.9 Å². The molecule has 0 aliphatic heterocycles. The molecule has 2 aromatic heterocycles. The number of fused-ring (bicyclic) bond motifs is 3. The molecule has 7 aromatic carbocycles. The van der Waals surface area contributed by atoms with Gasteiger partial charge in [-0.3, -0.25) is 0 Å². The summed E-state index contributed by atoms with van der Waals surface area (Å²) < 4.78 is 0. The zero-order valence-electron chi connectivity index (χ0n) is 32.8. The van der Waals surface area contributed by atoms with Gasteiger partial charge in [0.1, 0.15) is 0 Å². The summed E-state index contributed by atoms with van der Waals surface area (Å²) in [5.74, 6) is 2.26. The third-order valence-electron chi connectivity index (χ3n) is 12.8. The van der Waals surface area contributed by atoms with Crippen LogP contribution in [-0.2, 0) is 5.41 Å². The fourth-order valence-electron chi connectivity index (χ4n) is 9.74. The van der Waals surface area contributed by atoms with Gasteiger partial charge >= 0.3 is 0 Å². The predicted octanol–water partition coefficient (Wildman–Crippen LogP) is 13.9. The monoisotopic (exact) mass is 758 g/mol. The fraction of sp³-hybridized carbons (Fsp3) is 0.127. The van der Waals surface area contributed by atoms with Gasteiger partial charge in [-0.15, -0.1) is 0 Å². The maximum absolute atomic E-state index is 5.37.